The molecule has 0 saturated carbocycles. The molecule has 0 aliphatic carbocycles. The molecular weight excluding hydrogens is 310 g/mol. The van der Waals surface area contributed by atoms with Crippen molar-refractivity contribution in [1.82, 2.24) is 14.5 Å². The topological polar surface area (TPSA) is 41.3 Å². The van der Waals surface area contributed by atoms with Crippen LogP contribution in [0.15, 0.2) is 36.7 Å². The van der Waals surface area contributed by atoms with Gasteiger partial charge in [-0.3, -0.25) is 4.90 Å². The van der Waals surface area contributed by atoms with Gasteiger partial charge >= 0.3 is 0 Å². The lowest BCUT2D eigenvalue weighted by Crippen LogP contribution is -2.39. The van der Waals surface area contributed by atoms with E-state index in [1.807, 2.05) is 18.3 Å². The smallest absolute Gasteiger partial charge is 0.105 e. The van der Waals surface area contributed by atoms with E-state index in [2.05, 4.69) is 51.5 Å². The number of aromatic nitrogens is 2. The maximum absolute atomic E-state index is 8.78. The van der Waals surface area contributed by atoms with E-state index in [1.165, 1.54) is 37.8 Å². The van der Waals surface area contributed by atoms with E-state index in [-0.39, 0.29) is 6.61 Å². The van der Waals surface area contributed by atoms with Gasteiger partial charge in [0.25, 0.3) is 0 Å². The number of likely N-dealkylation sites (tertiary alicyclic amines) is 1. The number of nitrogens with zero attached hydrogens (tertiary/aromatic N) is 3. The Bertz CT molecular complexity index is 724. The summed E-state index contributed by atoms with van der Waals surface area (Å²) < 4.78 is 2.25. The van der Waals surface area contributed by atoms with Gasteiger partial charge in [0.2, 0.25) is 0 Å². The zero-order valence-electron chi connectivity index (χ0n) is 15.0. The molecule has 1 fully saturated rings. The maximum atomic E-state index is 8.78. The van der Waals surface area contributed by atoms with Crippen molar-refractivity contribution in [2.75, 3.05) is 13.2 Å². The zero-order valence-corrected chi connectivity index (χ0v) is 15.0. The molecule has 1 aromatic heterocycles. The third-order valence-electron chi connectivity index (χ3n) is 5.03. The molecule has 1 saturated heterocycles. The predicted molar refractivity (Wildman–Crippen MR) is 100 cm³/mol. The lowest BCUT2D eigenvalue weighted by atomic mass is 9.98. The Morgan fingerprint density at radius 2 is 2.08 bits per heavy atom. The minimum atomic E-state index is -0.0897. The monoisotopic (exact) mass is 337 g/mol. The summed E-state index contributed by atoms with van der Waals surface area (Å²) in [7, 11) is 0. The average molecular weight is 337 g/mol. The van der Waals surface area contributed by atoms with Crippen LogP contribution in [0.3, 0.4) is 0 Å². The Kier molecular flexibility index (Phi) is 6.27. The summed E-state index contributed by atoms with van der Waals surface area (Å²) in [4.78, 5) is 6.95. The summed E-state index contributed by atoms with van der Waals surface area (Å²) in [6.07, 6.45) is 9.05. The third kappa shape index (κ3) is 4.94. The number of rotatable bonds is 5. The second kappa shape index (κ2) is 8.84. The molecule has 4 nitrogen and oxygen atoms in total. The first kappa shape index (κ1) is 17.7. The van der Waals surface area contributed by atoms with Crippen molar-refractivity contribution in [3.05, 3.63) is 53.6 Å². The molecular formula is C21H27N3O. The van der Waals surface area contributed by atoms with Crippen molar-refractivity contribution in [3.8, 4) is 11.8 Å². The average Bonchev–Trinajstić information content (AvgIpc) is 3.05. The normalized spacial score (nSPS) is 17.9. The number of aryl methyl sites for hydroxylation is 2. The SMILES string of the molecule is Cc1nccn1CCC1CCCCN1Cc1ccc(C#CCO)cc1. The van der Waals surface area contributed by atoms with Gasteiger partial charge in [-0.2, -0.15) is 0 Å². The highest BCUT2D eigenvalue weighted by molar-refractivity contribution is 5.36. The van der Waals surface area contributed by atoms with E-state index in [4.69, 9.17) is 5.11 Å². The largest absolute Gasteiger partial charge is 0.384 e. The van der Waals surface area contributed by atoms with Gasteiger partial charge in [0.1, 0.15) is 12.4 Å². The second-order valence-electron chi connectivity index (χ2n) is 6.73. The van der Waals surface area contributed by atoms with Crippen LogP contribution in [-0.2, 0) is 13.1 Å². The molecule has 0 bridgehead atoms. The van der Waals surface area contributed by atoms with Crippen LogP contribution in [0.25, 0.3) is 0 Å². The van der Waals surface area contributed by atoms with Crippen molar-refractivity contribution in [2.45, 2.75) is 51.7 Å². The Hall–Kier alpha value is -2.09. The van der Waals surface area contributed by atoms with Gasteiger partial charge in [0.05, 0.1) is 0 Å². The van der Waals surface area contributed by atoms with Crippen molar-refractivity contribution >= 4 is 0 Å². The van der Waals surface area contributed by atoms with Crippen LogP contribution in [0, 0.1) is 18.8 Å². The van der Waals surface area contributed by atoms with Crippen LogP contribution < -0.4 is 0 Å². The van der Waals surface area contributed by atoms with Crippen LogP contribution >= 0.6 is 0 Å². The number of aliphatic hydroxyl groups is 1. The summed E-state index contributed by atoms with van der Waals surface area (Å²) in [5.41, 5.74) is 2.30. The summed E-state index contributed by atoms with van der Waals surface area (Å²) in [5.74, 6) is 6.75. The molecule has 1 unspecified atom stereocenters. The lowest BCUT2D eigenvalue weighted by molar-refractivity contribution is 0.128. The summed E-state index contributed by atoms with van der Waals surface area (Å²) in [6, 6.07) is 9.06. The lowest BCUT2D eigenvalue weighted by Gasteiger charge is -2.36. The van der Waals surface area contributed by atoms with Crippen LogP contribution in [0.1, 0.15) is 42.6 Å². The van der Waals surface area contributed by atoms with Gasteiger partial charge in [-0.1, -0.05) is 30.4 Å². The van der Waals surface area contributed by atoms with Gasteiger partial charge in [0, 0.05) is 37.1 Å². The first-order valence-corrected chi connectivity index (χ1v) is 9.17. The minimum Gasteiger partial charge on any atom is -0.384 e. The first-order chi connectivity index (χ1) is 12.3. The fraction of sp³-hybridized carbons (Fsp3) is 0.476. The Morgan fingerprint density at radius 3 is 2.80 bits per heavy atom. The van der Waals surface area contributed by atoms with Crippen LogP contribution in [0.5, 0.6) is 0 Å². The molecule has 1 aliphatic rings. The molecule has 2 aromatic rings. The van der Waals surface area contributed by atoms with Gasteiger partial charge in [-0.15, -0.1) is 0 Å². The number of aliphatic hydroxyl groups excluding tert-OH is 1. The van der Waals surface area contributed by atoms with Crippen molar-refractivity contribution in [1.29, 1.82) is 0 Å². The zero-order chi connectivity index (χ0) is 17.5. The fourth-order valence-corrected chi connectivity index (χ4v) is 3.59. The van der Waals surface area contributed by atoms with E-state index in [1.54, 1.807) is 0 Å². The summed E-state index contributed by atoms with van der Waals surface area (Å²) in [5, 5.41) is 8.78. The van der Waals surface area contributed by atoms with Crippen LogP contribution in [0.2, 0.25) is 0 Å². The molecule has 132 valence electrons. The summed E-state index contributed by atoms with van der Waals surface area (Å²) in [6.45, 7) is 5.21. The minimum absolute atomic E-state index is 0.0897. The molecule has 0 amide bonds. The quantitative estimate of drug-likeness (QED) is 0.853. The molecule has 0 radical (unpaired) electrons. The molecule has 1 aromatic carbocycles. The number of piperidine rings is 1. The number of hydrogen-bond acceptors (Lipinski definition) is 3. The standard InChI is InChI=1S/C21H27N3O/c1-18-22-12-15-23(18)14-11-21-6-2-3-13-24(21)17-20-9-7-19(8-10-20)5-4-16-25/h7-10,12,15,21,25H,2-3,6,11,13-14,16-17H2,1H3. The molecule has 1 aliphatic heterocycles. The summed E-state index contributed by atoms with van der Waals surface area (Å²) >= 11 is 0. The molecule has 3 rings (SSSR count). The van der Waals surface area contributed by atoms with Gasteiger partial charge in [-0.05, 0) is 50.4 Å². The van der Waals surface area contributed by atoms with Crippen molar-refractivity contribution in [3.63, 3.8) is 0 Å². The predicted octanol–water partition coefficient (Wildman–Crippen LogP) is 2.98. The molecule has 0 spiro atoms. The first-order valence-electron chi connectivity index (χ1n) is 9.17. The van der Waals surface area contributed by atoms with Crippen LogP contribution in [0.4, 0.5) is 0 Å². The van der Waals surface area contributed by atoms with E-state index in [0.29, 0.717) is 6.04 Å². The van der Waals surface area contributed by atoms with E-state index >= 15 is 0 Å². The molecule has 1 N–H and O–H groups in total. The van der Waals surface area contributed by atoms with Gasteiger partial charge in [0.15, 0.2) is 0 Å². The van der Waals surface area contributed by atoms with E-state index < -0.39 is 0 Å². The molecule has 4 heteroatoms. The maximum Gasteiger partial charge on any atom is 0.105 e. The number of hydrogen-bond donors (Lipinski definition) is 1. The van der Waals surface area contributed by atoms with Gasteiger partial charge < -0.3 is 9.67 Å². The molecule has 2 heterocycles. The Balaban J connectivity index is 1.59. The fourth-order valence-electron chi connectivity index (χ4n) is 3.59. The third-order valence-corrected chi connectivity index (χ3v) is 5.03. The number of benzene rings is 1. The highest BCUT2D eigenvalue weighted by Crippen LogP contribution is 2.23. The highest BCUT2D eigenvalue weighted by Gasteiger charge is 2.22. The van der Waals surface area contributed by atoms with E-state index in [9.17, 15) is 0 Å². The van der Waals surface area contributed by atoms with Crippen molar-refractivity contribution in [2.24, 2.45) is 0 Å². The van der Waals surface area contributed by atoms with E-state index in [0.717, 1.165) is 24.5 Å². The van der Waals surface area contributed by atoms with Crippen molar-refractivity contribution < 1.29 is 5.11 Å². The van der Waals surface area contributed by atoms with Gasteiger partial charge in [-0.25, -0.2) is 4.98 Å². The Morgan fingerprint density at radius 1 is 1.24 bits per heavy atom. The Labute approximate surface area is 150 Å². The second-order valence-corrected chi connectivity index (χ2v) is 6.73. The molecule has 1 atom stereocenters. The molecule has 25 heavy (non-hydrogen) atoms. The highest BCUT2D eigenvalue weighted by atomic mass is 16.2. The number of imidazole rings is 1. The van der Waals surface area contributed by atoms with Crippen LogP contribution in [-0.4, -0.2) is 38.8 Å².